The summed E-state index contributed by atoms with van der Waals surface area (Å²) >= 11 is 1.07. The molecule has 0 aliphatic carbocycles. The number of carbonyl (C=O) groups excluding carboxylic acids is 3. The van der Waals surface area contributed by atoms with Crippen LogP contribution in [0, 0.1) is 17.8 Å². The quantitative estimate of drug-likeness (QED) is 0.0822. The minimum absolute atomic E-state index is 0.186. The van der Waals surface area contributed by atoms with Gasteiger partial charge in [0.15, 0.2) is 0 Å². The Morgan fingerprint density at radius 1 is 1.04 bits per heavy atom. The molecule has 3 amide bonds. The van der Waals surface area contributed by atoms with E-state index in [1.807, 2.05) is 51.1 Å². The lowest BCUT2D eigenvalue weighted by molar-refractivity contribution is -0.154. The minimum Gasteiger partial charge on any atom is -0.375 e. The fraction of sp³-hybridized carbons (Fsp3) is 0.548. The molecule has 57 heavy (non-hydrogen) atoms. The lowest BCUT2D eigenvalue weighted by Crippen LogP contribution is -2.60. The Kier molecular flexibility index (Phi) is 15.1. The maximum Gasteiger partial charge on any atom is 0.404 e. The van der Waals surface area contributed by atoms with Gasteiger partial charge in [0, 0.05) is 36.4 Å². The van der Waals surface area contributed by atoms with Gasteiger partial charge in [0.05, 0.1) is 37.3 Å². The number of nitrogens with one attached hydrogen (secondary N) is 1. The SMILES string of the molecule is C#CCCCCCO[C@@H]1CCN(C(=O)[C@@H](NC(=O)c2cc3cc(C(F)(F)P(=O)(OCC)OCC)ccc3s2)C(C)(C)C)[C@@H]1C(=O)N1CCO[C@H](c2ccccc2)C1. The average molecular weight is 830 g/mol. The highest BCUT2D eigenvalue weighted by Crippen LogP contribution is 2.67. The summed E-state index contributed by atoms with van der Waals surface area (Å²) in [7, 11) is -4.85. The predicted octanol–water partition coefficient (Wildman–Crippen LogP) is 8.14. The van der Waals surface area contributed by atoms with Crippen molar-refractivity contribution in [3.05, 3.63) is 70.6 Å². The monoisotopic (exact) mass is 829 g/mol. The zero-order valence-electron chi connectivity index (χ0n) is 33.3. The average Bonchev–Trinajstić information content (AvgIpc) is 3.82. The number of hydrogen-bond acceptors (Lipinski definition) is 9. The van der Waals surface area contributed by atoms with Gasteiger partial charge >= 0.3 is 13.3 Å². The Morgan fingerprint density at radius 3 is 2.42 bits per heavy atom. The molecule has 0 spiro atoms. The molecule has 0 radical (unpaired) electrons. The van der Waals surface area contributed by atoms with Gasteiger partial charge in [-0.1, -0.05) is 63.6 Å². The number of morpholine rings is 1. The van der Waals surface area contributed by atoms with E-state index in [0.717, 1.165) is 42.2 Å². The number of hydrogen-bond donors (Lipinski definition) is 1. The zero-order valence-corrected chi connectivity index (χ0v) is 35.1. The van der Waals surface area contributed by atoms with Crippen molar-refractivity contribution >= 4 is 46.7 Å². The van der Waals surface area contributed by atoms with E-state index in [9.17, 15) is 18.9 Å². The summed E-state index contributed by atoms with van der Waals surface area (Å²) in [5, 5.41) is 3.24. The number of carbonyl (C=O) groups is 3. The summed E-state index contributed by atoms with van der Waals surface area (Å²) in [6.07, 6.45) is 8.14. The van der Waals surface area contributed by atoms with Gasteiger partial charge in [0.2, 0.25) is 11.8 Å². The number of benzene rings is 2. The molecule has 1 aromatic heterocycles. The van der Waals surface area contributed by atoms with E-state index in [2.05, 4.69) is 11.2 Å². The molecule has 0 unspecified atom stereocenters. The third-order valence-electron chi connectivity index (χ3n) is 10.1. The molecule has 2 saturated heterocycles. The highest BCUT2D eigenvalue weighted by Gasteiger charge is 2.55. The summed E-state index contributed by atoms with van der Waals surface area (Å²) in [5.74, 6) is 1.41. The Balaban J connectivity index is 1.38. The van der Waals surface area contributed by atoms with Gasteiger partial charge in [-0.15, -0.1) is 23.7 Å². The number of nitrogens with zero attached hydrogens (tertiary/aromatic N) is 2. The number of likely N-dealkylation sites (tertiary alicyclic amines) is 1. The van der Waals surface area contributed by atoms with E-state index in [1.165, 1.54) is 32.0 Å². The molecule has 5 rings (SSSR count). The van der Waals surface area contributed by atoms with Crippen molar-refractivity contribution in [2.75, 3.05) is 46.1 Å². The van der Waals surface area contributed by atoms with Gasteiger partial charge in [0.25, 0.3) is 5.91 Å². The molecule has 3 aromatic rings. The summed E-state index contributed by atoms with van der Waals surface area (Å²) < 4.78 is 67.1. The van der Waals surface area contributed by atoms with Crippen LogP contribution < -0.4 is 5.32 Å². The molecule has 2 fully saturated rings. The van der Waals surface area contributed by atoms with Crippen LogP contribution in [-0.2, 0) is 38.3 Å². The molecule has 3 heterocycles. The topological polar surface area (TPSA) is 124 Å². The number of fused-ring (bicyclic) bond motifs is 1. The second-order valence-corrected chi connectivity index (χ2v) is 18.4. The van der Waals surface area contributed by atoms with Crippen LogP contribution >= 0.6 is 18.9 Å². The van der Waals surface area contributed by atoms with Crippen molar-refractivity contribution in [2.24, 2.45) is 5.41 Å². The normalized spacial score (nSPS) is 19.7. The third-order valence-corrected chi connectivity index (χ3v) is 13.4. The molecule has 0 bridgehead atoms. The first-order valence-corrected chi connectivity index (χ1v) is 21.9. The number of terminal acetylenes is 1. The summed E-state index contributed by atoms with van der Waals surface area (Å²) in [6.45, 7) is 9.58. The highest BCUT2D eigenvalue weighted by atomic mass is 32.1. The van der Waals surface area contributed by atoms with Gasteiger partial charge < -0.3 is 33.6 Å². The summed E-state index contributed by atoms with van der Waals surface area (Å²) in [5.41, 5.74) is -4.36. The van der Waals surface area contributed by atoms with E-state index in [1.54, 1.807) is 9.80 Å². The Hall–Kier alpha value is -3.70. The smallest absolute Gasteiger partial charge is 0.375 e. The molecule has 2 aromatic carbocycles. The lowest BCUT2D eigenvalue weighted by Gasteiger charge is -2.39. The van der Waals surface area contributed by atoms with Gasteiger partial charge in [-0.05, 0) is 67.7 Å². The van der Waals surface area contributed by atoms with Crippen LogP contribution in [0.3, 0.4) is 0 Å². The number of ether oxygens (including phenoxy) is 2. The maximum atomic E-state index is 15.6. The van der Waals surface area contributed by atoms with Crippen LogP contribution in [0.25, 0.3) is 10.1 Å². The van der Waals surface area contributed by atoms with Crippen LogP contribution in [0.5, 0.6) is 0 Å². The molecule has 310 valence electrons. The van der Waals surface area contributed by atoms with E-state index in [4.69, 9.17) is 24.9 Å². The van der Waals surface area contributed by atoms with Crippen molar-refractivity contribution in [1.29, 1.82) is 0 Å². The van der Waals surface area contributed by atoms with Crippen LogP contribution in [0.1, 0.15) is 93.6 Å². The standard InChI is InChI=1S/C42H54F2N3O8PS/c1-7-10-11-12-16-24-52-32-21-22-47(36(32)39(49)46-23-25-53-33(28-46)29-17-14-13-15-18-29)40(50)37(41(4,5)6)45-38(48)35-27-30-26-31(19-20-34(30)57-35)42(43,44)56(51,54-8-2)55-9-3/h1,13-15,17-20,26-27,32-33,36-37H,8-12,16,21-25,28H2,2-6H3,(H,45,48)/t32-,33+,36+,37-/m1/s1. The minimum atomic E-state index is -4.85. The van der Waals surface area contributed by atoms with Crippen LogP contribution in [-0.4, -0.2) is 91.8 Å². The van der Waals surface area contributed by atoms with E-state index >= 15 is 8.78 Å². The number of halogens is 2. The largest absolute Gasteiger partial charge is 0.404 e. The van der Waals surface area contributed by atoms with E-state index in [-0.39, 0.29) is 36.6 Å². The second kappa shape index (κ2) is 19.4. The van der Waals surface area contributed by atoms with Gasteiger partial charge in [-0.2, -0.15) is 8.78 Å². The van der Waals surface area contributed by atoms with E-state index in [0.29, 0.717) is 49.2 Å². The maximum absolute atomic E-state index is 15.6. The number of thiophene rings is 1. The second-order valence-electron chi connectivity index (χ2n) is 15.3. The molecule has 4 atom stereocenters. The van der Waals surface area contributed by atoms with Crippen LogP contribution in [0.4, 0.5) is 8.78 Å². The van der Waals surface area contributed by atoms with Gasteiger partial charge in [-0.25, -0.2) is 0 Å². The van der Waals surface area contributed by atoms with Crippen LogP contribution in [0.2, 0.25) is 0 Å². The first-order valence-electron chi connectivity index (χ1n) is 19.6. The van der Waals surface area contributed by atoms with Crippen molar-refractivity contribution in [2.45, 2.75) is 96.7 Å². The Bertz CT molecular complexity index is 1940. The van der Waals surface area contributed by atoms with Crippen molar-refractivity contribution < 1.29 is 46.3 Å². The first-order chi connectivity index (χ1) is 27.1. The van der Waals surface area contributed by atoms with Gasteiger partial charge in [0.1, 0.15) is 18.2 Å². The molecule has 15 heteroatoms. The number of alkyl halides is 2. The third kappa shape index (κ3) is 10.3. The summed E-state index contributed by atoms with van der Waals surface area (Å²) in [4.78, 5) is 46.6. The van der Waals surface area contributed by atoms with Crippen molar-refractivity contribution in [3.8, 4) is 12.3 Å². The fourth-order valence-electron chi connectivity index (χ4n) is 7.18. The lowest BCUT2D eigenvalue weighted by atomic mass is 9.85. The Labute approximate surface area is 338 Å². The predicted molar refractivity (Wildman–Crippen MR) is 216 cm³/mol. The molecule has 2 aliphatic rings. The van der Waals surface area contributed by atoms with Crippen LogP contribution in [0.15, 0.2) is 54.6 Å². The zero-order chi connectivity index (χ0) is 41.4. The number of unbranched alkanes of at least 4 members (excludes halogenated alkanes) is 3. The van der Waals surface area contributed by atoms with E-state index < -0.39 is 54.2 Å². The summed E-state index contributed by atoms with van der Waals surface area (Å²) in [6, 6.07) is 12.9. The number of amides is 3. The molecule has 11 nitrogen and oxygen atoms in total. The van der Waals surface area contributed by atoms with Crippen molar-refractivity contribution in [1.82, 2.24) is 15.1 Å². The molecular formula is C42H54F2N3O8PS. The molecule has 1 N–H and O–H groups in total. The fourth-order valence-corrected chi connectivity index (χ4v) is 9.66. The Morgan fingerprint density at radius 2 is 1.75 bits per heavy atom. The molecule has 2 aliphatic heterocycles. The number of rotatable bonds is 17. The van der Waals surface area contributed by atoms with Gasteiger partial charge in [-0.3, -0.25) is 18.9 Å². The molecular weight excluding hydrogens is 776 g/mol. The highest BCUT2D eigenvalue weighted by molar-refractivity contribution is 7.54. The molecule has 0 saturated carbocycles. The van der Waals surface area contributed by atoms with Crippen molar-refractivity contribution in [3.63, 3.8) is 0 Å². The first kappa shape index (κ1) is 44.4.